The number of halogens is 1. The van der Waals surface area contributed by atoms with Gasteiger partial charge in [-0.05, 0) is 58.3 Å². The van der Waals surface area contributed by atoms with Gasteiger partial charge >= 0.3 is 5.97 Å². The van der Waals surface area contributed by atoms with E-state index >= 15 is 0 Å². The van der Waals surface area contributed by atoms with Crippen molar-refractivity contribution in [3.8, 4) is 0 Å². The van der Waals surface area contributed by atoms with Gasteiger partial charge in [-0.1, -0.05) is 19.1 Å². The highest BCUT2D eigenvalue weighted by molar-refractivity contribution is 9.11. The molecule has 0 fully saturated rings. The third-order valence-electron chi connectivity index (χ3n) is 2.97. The van der Waals surface area contributed by atoms with Crippen molar-refractivity contribution in [1.29, 1.82) is 0 Å². The zero-order chi connectivity index (χ0) is 16.7. The number of hydrogen-bond donors (Lipinski definition) is 1. The summed E-state index contributed by atoms with van der Waals surface area (Å²) >= 11 is 4.85. The molecule has 0 atom stereocenters. The number of amides is 1. The van der Waals surface area contributed by atoms with Gasteiger partial charge in [0.15, 0.2) is 6.61 Å². The summed E-state index contributed by atoms with van der Waals surface area (Å²) < 4.78 is 5.89. The molecule has 1 N–H and O–H groups in total. The highest BCUT2D eigenvalue weighted by Crippen LogP contribution is 2.22. The number of carbonyl (C=O) groups is 2. The van der Waals surface area contributed by atoms with E-state index in [2.05, 4.69) is 28.2 Å². The van der Waals surface area contributed by atoms with E-state index in [0.717, 1.165) is 15.1 Å². The lowest BCUT2D eigenvalue weighted by Gasteiger charge is -2.06. The monoisotopic (exact) mass is 393 g/mol. The van der Waals surface area contributed by atoms with Crippen LogP contribution in [0.3, 0.4) is 0 Å². The first-order valence-corrected chi connectivity index (χ1v) is 8.66. The molecule has 0 saturated heterocycles. The van der Waals surface area contributed by atoms with Crippen molar-refractivity contribution in [2.75, 3.05) is 11.9 Å². The van der Waals surface area contributed by atoms with Crippen LogP contribution in [0.4, 0.5) is 5.69 Å². The van der Waals surface area contributed by atoms with Gasteiger partial charge in [0.05, 0.1) is 3.79 Å². The Balaban J connectivity index is 1.76. The van der Waals surface area contributed by atoms with E-state index in [9.17, 15) is 9.59 Å². The van der Waals surface area contributed by atoms with Crippen LogP contribution in [-0.2, 0) is 20.7 Å². The van der Waals surface area contributed by atoms with E-state index < -0.39 is 5.97 Å². The molecule has 0 saturated carbocycles. The summed E-state index contributed by atoms with van der Waals surface area (Å²) in [5.41, 5.74) is 1.88. The summed E-state index contributed by atoms with van der Waals surface area (Å²) in [6.07, 6.45) is 3.90. The summed E-state index contributed by atoms with van der Waals surface area (Å²) in [6.45, 7) is 1.75. The normalized spacial score (nSPS) is 10.7. The summed E-state index contributed by atoms with van der Waals surface area (Å²) in [6, 6.07) is 11.3. The van der Waals surface area contributed by atoms with Gasteiger partial charge in [0, 0.05) is 16.6 Å². The Bertz CT molecular complexity index is 707. The van der Waals surface area contributed by atoms with Crippen molar-refractivity contribution in [2.24, 2.45) is 0 Å². The van der Waals surface area contributed by atoms with Crippen LogP contribution in [0.1, 0.15) is 17.4 Å². The van der Waals surface area contributed by atoms with Crippen molar-refractivity contribution < 1.29 is 14.3 Å². The molecule has 0 aliphatic carbocycles. The molecule has 0 spiro atoms. The van der Waals surface area contributed by atoms with E-state index in [-0.39, 0.29) is 12.5 Å². The third-order valence-corrected chi connectivity index (χ3v) is 4.56. The smallest absolute Gasteiger partial charge is 0.331 e. The minimum absolute atomic E-state index is 0.313. The number of carbonyl (C=O) groups excluding carboxylic acids is 2. The highest BCUT2D eigenvalue weighted by atomic mass is 79.9. The quantitative estimate of drug-likeness (QED) is 0.588. The van der Waals surface area contributed by atoms with Crippen LogP contribution in [0, 0.1) is 0 Å². The molecule has 1 amide bonds. The molecule has 0 radical (unpaired) electrons. The van der Waals surface area contributed by atoms with Crippen molar-refractivity contribution in [3.05, 3.63) is 56.7 Å². The lowest BCUT2D eigenvalue weighted by molar-refractivity contribution is -0.142. The topological polar surface area (TPSA) is 55.4 Å². The molecule has 1 aromatic heterocycles. The Hall–Kier alpha value is -1.92. The van der Waals surface area contributed by atoms with Gasteiger partial charge in [-0.25, -0.2) is 4.79 Å². The SMILES string of the molecule is CCc1ccc(NC(=O)COC(=O)/C=C/c2ccc(Br)s2)cc1. The first-order chi connectivity index (χ1) is 11.1. The van der Waals surface area contributed by atoms with E-state index in [1.165, 1.54) is 23.0 Å². The molecule has 6 heteroatoms. The Kier molecular flexibility index (Phi) is 6.55. The Labute approximate surface area is 147 Å². The second-order valence-corrected chi connectivity index (χ2v) is 7.18. The van der Waals surface area contributed by atoms with Crippen LogP contribution in [0.2, 0.25) is 0 Å². The van der Waals surface area contributed by atoms with Crippen LogP contribution in [0.25, 0.3) is 6.08 Å². The van der Waals surface area contributed by atoms with E-state index in [1.54, 1.807) is 6.08 Å². The largest absolute Gasteiger partial charge is 0.452 e. The van der Waals surface area contributed by atoms with E-state index in [0.29, 0.717) is 5.69 Å². The fraction of sp³-hybridized carbons (Fsp3) is 0.176. The van der Waals surface area contributed by atoms with E-state index in [4.69, 9.17) is 4.74 Å². The van der Waals surface area contributed by atoms with Crippen LogP contribution in [-0.4, -0.2) is 18.5 Å². The predicted molar refractivity (Wildman–Crippen MR) is 96.5 cm³/mol. The number of nitrogens with one attached hydrogen (secondary N) is 1. The number of aryl methyl sites for hydroxylation is 1. The van der Waals surface area contributed by atoms with Gasteiger partial charge in [-0.2, -0.15) is 0 Å². The van der Waals surface area contributed by atoms with Crippen molar-refractivity contribution in [2.45, 2.75) is 13.3 Å². The molecule has 1 heterocycles. The summed E-state index contributed by atoms with van der Waals surface area (Å²) in [5, 5.41) is 2.68. The average Bonchev–Trinajstić information content (AvgIpc) is 2.97. The van der Waals surface area contributed by atoms with Gasteiger partial charge in [0.25, 0.3) is 5.91 Å². The van der Waals surface area contributed by atoms with Gasteiger partial charge in [-0.3, -0.25) is 4.79 Å². The van der Waals surface area contributed by atoms with Crippen LogP contribution < -0.4 is 5.32 Å². The number of esters is 1. The number of anilines is 1. The van der Waals surface area contributed by atoms with Crippen molar-refractivity contribution in [3.63, 3.8) is 0 Å². The highest BCUT2D eigenvalue weighted by Gasteiger charge is 2.06. The van der Waals surface area contributed by atoms with Crippen LogP contribution in [0.15, 0.2) is 46.3 Å². The minimum Gasteiger partial charge on any atom is -0.452 e. The lowest BCUT2D eigenvalue weighted by atomic mass is 10.1. The molecule has 2 aromatic rings. The second-order valence-electron chi connectivity index (χ2n) is 4.68. The van der Waals surface area contributed by atoms with Crippen LogP contribution >= 0.6 is 27.3 Å². The summed E-state index contributed by atoms with van der Waals surface area (Å²) in [7, 11) is 0. The number of hydrogen-bond acceptors (Lipinski definition) is 4. The first kappa shape index (κ1) is 17.4. The number of thiophene rings is 1. The van der Waals surface area contributed by atoms with Crippen LogP contribution in [0.5, 0.6) is 0 Å². The van der Waals surface area contributed by atoms with Gasteiger partial charge < -0.3 is 10.1 Å². The molecular weight excluding hydrogens is 378 g/mol. The minimum atomic E-state index is -0.550. The number of ether oxygens (including phenoxy) is 1. The molecule has 0 aliphatic heterocycles. The molecule has 23 heavy (non-hydrogen) atoms. The van der Waals surface area contributed by atoms with Gasteiger partial charge in [0.2, 0.25) is 0 Å². The fourth-order valence-corrected chi connectivity index (χ4v) is 3.10. The molecule has 4 nitrogen and oxygen atoms in total. The second kappa shape index (κ2) is 8.64. The van der Waals surface area contributed by atoms with E-state index in [1.807, 2.05) is 36.4 Å². The predicted octanol–water partition coefficient (Wildman–Crippen LogP) is 4.27. The maximum absolute atomic E-state index is 11.7. The average molecular weight is 394 g/mol. The molecule has 120 valence electrons. The Morgan fingerprint density at radius 1 is 1.22 bits per heavy atom. The number of benzene rings is 1. The van der Waals surface area contributed by atoms with Crippen molar-refractivity contribution >= 4 is 50.9 Å². The molecule has 0 bridgehead atoms. The maximum Gasteiger partial charge on any atom is 0.331 e. The summed E-state index contributed by atoms with van der Waals surface area (Å²) in [5.74, 6) is -0.916. The lowest BCUT2D eigenvalue weighted by Crippen LogP contribution is -2.20. The van der Waals surface area contributed by atoms with Gasteiger partial charge in [0.1, 0.15) is 0 Å². The molecule has 0 unspecified atom stereocenters. The molecular formula is C17H16BrNO3S. The Morgan fingerprint density at radius 3 is 2.57 bits per heavy atom. The third kappa shape index (κ3) is 6.00. The Morgan fingerprint density at radius 2 is 1.96 bits per heavy atom. The zero-order valence-corrected chi connectivity index (χ0v) is 14.9. The maximum atomic E-state index is 11.7. The standard InChI is InChI=1S/C17H16BrNO3S/c1-2-12-3-5-13(6-4-12)19-16(20)11-22-17(21)10-8-14-7-9-15(18)23-14/h3-10H,2,11H2,1H3,(H,19,20)/b10-8+. The van der Waals surface area contributed by atoms with Gasteiger partial charge in [-0.15, -0.1) is 11.3 Å². The molecule has 1 aromatic carbocycles. The number of rotatable bonds is 6. The molecule has 0 aliphatic rings. The fourth-order valence-electron chi connectivity index (χ4n) is 1.77. The van der Waals surface area contributed by atoms with Crippen molar-refractivity contribution in [1.82, 2.24) is 0 Å². The molecule has 2 rings (SSSR count). The first-order valence-electron chi connectivity index (χ1n) is 7.06. The zero-order valence-electron chi connectivity index (χ0n) is 12.5. The summed E-state index contributed by atoms with van der Waals surface area (Å²) in [4.78, 5) is 24.2.